The van der Waals surface area contributed by atoms with Crippen molar-refractivity contribution in [3.05, 3.63) is 35.9 Å². The van der Waals surface area contributed by atoms with Crippen LogP contribution in [-0.2, 0) is 44.8 Å². The molecule has 45 heavy (non-hydrogen) atoms. The Kier molecular flexibility index (Phi) is 15.0. The molecular formula is C29H42N8O8. The zero-order valence-electron chi connectivity index (χ0n) is 25.5. The van der Waals surface area contributed by atoms with Crippen LogP contribution in [0.4, 0.5) is 0 Å². The van der Waals surface area contributed by atoms with E-state index in [4.69, 9.17) is 5.73 Å². The summed E-state index contributed by atoms with van der Waals surface area (Å²) >= 11 is 0. The maximum atomic E-state index is 13.6. The van der Waals surface area contributed by atoms with Crippen LogP contribution in [0.2, 0.25) is 0 Å². The largest absolute Gasteiger partial charge is 0.368 e. The number of hydrogen-bond acceptors (Lipinski definition) is 8. The first-order chi connectivity index (χ1) is 21.4. The third-order valence-corrected chi connectivity index (χ3v) is 6.72. The maximum Gasteiger partial charge on any atom is 0.245 e. The van der Waals surface area contributed by atoms with Gasteiger partial charge in [0.25, 0.3) is 0 Å². The SMILES string of the molecule is CCCN1CC(=O)N[C@H](Cc2ccccc2)C(=O)NCC(=O)N[C@H](C(N)=O)CCNC(=O)CC[C@H](NC(=O)CNC(C)=O)C1=O. The molecule has 0 bridgehead atoms. The molecule has 1 heterocycles. The summed E-state index contributed by atoms with van der Waals surface area (Å²) in [4.78, 5) is 102. The van der Waals surface area contributed by atoms with Crippen molar-refractivity contribution in [1.82, 2.24) is 36.8 Å². The third-order valence-electron chi connectivity index (χ3n) is 6.72. The number of nitrogens with two attached hydrogens (primary N) is 1. The predicted octanol–water partition coefficient (Wildman–Crippen LogP) is -3.04. The molecule has 0 saturated carbocycles. The van der Waals surface area contributed by atoms with Crippen LogP contribution in [0.1, 0.15) is 45.1 Å². The average Bonchev–Trinajstić information content (AvgIpc) is 2.99. The van der Waals surface area contributed by atoms with Crippen molar-refractivity contribution in [3.8, 4) is 0 Å². The molecule has 16 nitrogen and oxygen atoms in total. The van der Waals surface area contributed by atoms with Gasteiger partial charge in [0.05, 0.1) is 19.6 Å². The highest BCUT2D eigenvalue weighted by Crippen LogP contribution is 2.07. The van der Waals surface area contributed by atoms with E-state index in [9.17, 15) is 38.4 Å². The molecule has 16 heteroatoms. The van der Waals surface area contributed by atoms with Crippen molar-refractivity contribution in [2.24, 2.45) is 5.73 Å². The number of benzene rings is 1. The van der Waals surface area contributed by atoms with Crippen LogP contribution in [0, 0.1) is 0 Å². The van der Waals surface area contributed by atoms with Crippen molar-refractivity contribution in [1.29, 1.82) is 0 Å². The van der Waals surface area contributed by atoms with Gasteiger partial charge in [-0.1, -0.05) is 37.3 Å². The van der Waals surface area contributed by atoms with E-state index in [0.717, 1.165) is 5.56 Å². The standard InChI is InChI=1S/C29H42N8O8/c1-3-13-37-17-26(42)36-22(14-19-7-5-4-6-8-19)28(44)33-16-25(41)34-20(27(30)43)11-12-31-23(39)10-9-21(29(37)45)35-24(40)15-32-18(2)38/h4-8,20-22H,3,9-17H2,1-2H3,(H2,30,43)(H,31,39)(H,32,38)(H,33,44)(H,34,41)(H,35,40)(H,36,42)/t20-,21-,22+/m0/s1. The lowest BCUT2D eigenvalue weighted by molar-refractivity contribution is -0.140. The molecule has 1 aromatic rings. The van der Waals surface area contributed by atoms with Crippen LogP contribution in [0.5, 0.6) is 0 Å². The molecule has 8 N–H and O–H groups in total. The monoisotopic (exact) mass is 630 g/mol. The molecule has 1 saturated heterocycles. The van der Waals surface area contributed by atoms with Crippen LogP contribution in [-0.4, -0.2) is 103 Å². The van der Waals surface area contributed by atoms with Gasteiger partial charge in [-0.15, -0.1) is 0 Å². The molecule has 1 aliphatic heterocycles. The van der Waals surface area contributed by atoms with Gasteiger partial charge in [-0.2, -0.15) is 0 Å². The molecule has 1 aromatic carbocycles. The first kappa shape index (κ1) is 36.2. The number of carbonyl (C=O) groups excluding carboxylic acids is 8. The molecule has 3 atom stereocenters. The number of nitrogens with zero attached hydrogens (tertiary/aromatic N) is 1. The molecule has 246 valence electrons. The third kappa shape index (κ3) is 13.4. The van der Waals surface area contributed by atoms with Crippen molar-refractivity contribution in [2.45, 2.75) is 64.1 Å². The summed E-state index contributed by atoms with van der Waals surface area (Å²) in [6, 6.07) is 5.33. The number of nitrogens with one attached hydrogen (secondary N) is 6. The summed E-state index contributed by atoms with van der Waals surface area (Å²) in [7, 11) is 0. The number of hydrogen-bond donors (Lipinski definition) is 7. The number of primary amides is 1. The van der Waals surface area contributed by atoms with Gasteiger partial charge >= 0.3 is 0 Å². The maximum absolute atomic E-state index is 13.6. The Morgan fingerprint density at radius 3 is 2.31 bits per heavy atom. The average molecular weight is 631 g/mol. The lowest BCUT2D eigenvalue weighted by Gasteiger charge is -2.28. The second-order valence-electron chi connectivity index (χ2n) is 10.5. The minimum absolute atomic E-state index is 0.0481. The van der Waals surface area contributed by atoms with Crippen LogP contribution in [0.25, 0.3) is 0 Å². The van der Waals surface area contributed by atoms with Gasteiger partial charge in [0.1, 0.15) is 18.1 Å². The smallest absolute Gasteiger partial charge is 0.245 e. The van der Waals surface area contributed by atoms with E-state index in [1.807, 2.05) is 0 Å². The Balaban J connectivity index is 2.37. The Morgan fingerprint density at radius 2 is 1.67 bits per heavy atom. The zero-order chi connectivity index (χ0) is 33.4. The molecular weight excluding hydrogens is 588 g/mol. The Labute approximate surface area is 261 Å². The summed E-state index contributed by atoms with van der Waals surface area (Å²) in [5.41, 5.74) is 6.12. The predicted molar refractivity (Wildman–Crippen MR) is 161 cm³/mol. The highest BCUT2D eigenvalue weighted by molar-refractivity contribution is 5.95. The molecule has 0 unspecified atom stereocenters. The molecule has 0 spiro atoms. The van der Waals surface area contributed by atoms with E-state index < -0.39 is 85.0 Å². The van der Waals surface area contributed by atoms with E-state index in [1.54, 1.807) is 37.3 Å². The van der Waals surface area contributed by atoms with Gasteiger partial charge in [-0.05, 0) is 24.8 Å². The summed E-state index contributed by atoms with van der Waals surface area (Å²) in [6.45, 7) is 1.70. The van der Waals surface area contributed by atoms with Gasteiger partial charge < -0.3 is 42.5 Å². The van der Waals surface area contributed by atoms with E-state index in [-0.39, 0.29) is 38.8 Å². The molecule has 8 amide bonds. The minimum Gasteiger partial charge on any atom is -0.368 e. The Bertz CT molecular complexity index is 1240. The number of rotatable bonds is 8. The summed E-state index contributed by atoms with van der Waals surface area (Å²) in [5, 5.41) is 14.9. The molecule has 1 fully saturated rings. The summed E-state index contributed by atoms with van der Waals surface area (Å²) in [6.07, 6.45) is 0.118. The van der Waals surface area contributed by atoms with Gasteiger partial charge in [0.15, 0.2) is 0 Å². The highest BCUT2D eigenvalue weighted by atomic mass is 16.2. The number of carbonyl (C=O) groups is 8. The number of amides is 8. The van der Waals surface area contributed by atoms with Gasteiger partial charge in [-0.3, -0.25) is 38.4 Å². The molecule has 2 rings (SSSR count). The minimum atomic E-state index is -1.22. The second kappa shape index (κ2) is 18.6. The second-order valence-corrected chi connectivity index (χ2v) is 10.5. The lowest BCUT2D eigenvalue weighted by Crippen LogP contribution is -2.55. The van der Waals surface area contributed by atoms with Crippen molar-refractivity contribution < 1.29 is 38.4 Å². The van der Waals surface area contributed by atoms with E-state index in [0.29, 0.717) is 6.42 Å². The molecule has 1 aliphatic rings. The van der Waals surface area contributed by atoms with Crippen molar-refractivity contribution in [3.63, 3.8) is 0 Å². The fourth-order valence-corrected chi connectivity index (χ4v) is 4.48. The van der Waals surface area contributed by atoms with Gasteiger partial charge in [0.2, 0.25) is 47.3 Å². The Hall–Kier alpha value is -5.02. The quantitative estimate of drug-likeness (QED) is 0.155. The first-order valence-corrected chi connectivity index (χ1v) is 14.7. The van der Waals surface area contributed by atoms with Crippen molar-refractivity contribution >= 4 is 47.3 Å². The highest BCUT2D eigenvalue weighted by Gasteiger charge is 2.30. The fraction of sp³-hybridized carbons (Fsp3) is 0.517. The molecule has 0 radical (unpaired) electrons. The van der Waals surface area contributed by atoms with Crippen LogP contribution < -0.4 is 37.6 Å². The van der Waals surface area contributed by atoms with E-state index in [2.05, 4.69) is 31.9 Å². The van der Waals surface area contributed by atoms with Gasteiger partial charge in [-0.25, -0.2) is 0 Å². The van der Waals surface area contributed by atoms with Gasteiger partial charge in [0, 0.05) is 32.9 Å². The van der Waals surface area contributed by atoms with Crippen molar-refractivity contribution in [2.75, 3.05) is 32.7 Å². The fourth-order valence-electron chi connectivity index (χ4n) is 4.48. The van der Waals surface area contributed by atoms with Crippen LogP contribution in [0.3, 0.4) is 0 Å². The summed E-state index contributed by atoms with van der Waals surface area (Å²) in [5.74, 6) is -5.20. The topological polar surface area (TPSA) is 238 Å². The van der Waals surface area contributed by atoms with Crippen LogP contribution in [0.15, 0.2) is 30.3 Å². The van der Waals surface area contributed by atoms with E-state index >= 15 is 0 Å². The van der Waals surface area contributed by atoms with E-state index in [1.165, 1.54) is 11.8 Å². The Morgan fingerprint density at radius 1 is 0.956 bits per heavy atom. The zero-order valence-corrected chi connectivity index (χ0v) is 25.5. The normalized spacial score (nSPS) is 21.1. The molecule has 0 aromatic heterocycles. The summed E-state index contributed by atoms with van der Waals surface area (Å²) < 4.78 is 0. The lowest BCUT2D eigenvalue weighted by atomic mass is 10.0. The molecule has 0 aliphatic carbocycles. The van der Waals surface area contributed by atoms with Crippen LogP contribution >= 0.6 is 0 Å². The first-order valence-electron chi connectivity index (χ1n) is 14.7.